The number of carbonyl (C=O) groups excluding carboxylic acids is 1. The third kappa shape index (κ3) is 4.31. The third-order valence-electron chi connectivity index (χ3n) is 4.64. The average Bonchev–Trinajstić information content (AvgIpc) is 2.57. The van der Waals surface area contributed by atoms with Crippen molar-refractivity contribution in [1.29, 1.82) is 0 Å². The minimum absolute atomic E-state index is 0.0738. The summed E-state index contributed by atoms with van der Waals surface area (Å²) in [7, 11) is 0. The van der Waals surface area contributed by atoms with Crippen molar-refractivity contribution in [2.45, 2.75) is 50.8 Å². The minimum Gasteiger partial charge on any atom is -0.366 e. The number of hydrogen-bond acceptors (Lipinski definition) is 3. The Morgan fingerprint density at radius 2 is 1.95 bits per heavy atom. The van der Waals surface area contributed by atoms with Crippen LogP contribution in [-0.2, 0) is 16.1 Å². The SMILES string of the molecule is O=C(NC1CCCCC1)C1CN(Cc2ccccc2)CCO1. The van der Waals surface area contributed by atoms with Crippen molar-refractivity contribution in [3.8, 4) is 0 Å². The van der Waals surface area contributed by atoms with E-state index in [-0.39, 0.29) is 12.0 Å². The molecule has 0 bridgehead atoms. The van der Waals surface area contributed by atoms with Crippen molar-refractivity contribution in [2.75, 3.05) is 19.7 Å². The summed E-state index contributed by atoms with van der Waals surface area (Å²) in [6.07, 6.45) is 5.68. The molecule has 3 rings (SSSR count). The molecule has 1 atom stereocenters. The summed E-state index contributed by atoms with van der Waals surface area (Å²) in [6.45, 7) is 3.10. The fourth-order valence-electron chi connectivity index (χ4n) is 3.39. The number of benzene rings is 1. The Morgan fingerprint density at radius 1 is 1.18 bits per heavy atom. The average molecular weight is 302 g/mol. The van der Waals surface area contributed by atoms with E-state index in [0.717, 1.165) is 25.9 Å². The van der Waals surface area contributed by atoms with E-state index in [0.29, 0.717) is 19.2 Å². The maximum Gasteiger partial charge on any atom is 0.250 e. The van der Waals surface area contributed by atoms with E-state index in [1.807, 2.05) is 6.07 Å². The van der Waals surface area contributed by atoms with Crippen molar-refractivity contribution < 1.29 is 9.53 Å². The standard InChI is InChI=1S/C18H26N2O2/c21-18(19-16-9-5-2-6-10-16)17-14-20(11-12-22-17)13-15-7-3-1-4-8-15/h1,3-4,7-8,16-17H,2,5-6,9-14H2,(H,19,21). The summed E-state index contributed by atoms with van der Waals surface area (Å²) in [5.41, 5.74) is 1.29. The summed E-state index contributed by atoms with van der Waals surface area (Å²) >= 11 is 0. The predicted molar refractivity (Wildman–Crippen MR) is 86.5 cm³/mol. The number of hydrogen-bond donors (Lipinski definition) is 1. The molecule has 2 aliphatic rings. The molecule has 0 aromatic heterocycles. The van der Waals surface area contributed by atoms with Gasteiger partial charge in [-0.3, -0.25) is 9.69 Å². The van der Waals surface area contributed by atoms with Gasteiger partial charge in [-0.1, -0.05) is 49.6 Å². The molecule has 1 aliphatic heterocycles. The number of nitrogens with zero attached hydrogens (tertiary/aromatic N) is 1. The van der Waals surface area contributed by atoms with Crippen LogP contribution in [-0.4, -0.2) is 42.6 Å². The summed E-state index contributed by atoms with van der Waals surface area (Å²) < 4.78 is 5.70. The first kappa shape index (κ1) is 15.5. The highest BCUT2D eigenvalue weighted by atomic mass is 16.5. The van der Waals surface area contributed by atoms with Crippen LogP contribution in [0.1, 0.15) is 37.7 Å². The molecule has 4 nitrogen and oxygen atoms in total. The Kier molecular flexibility index (Phi) is 5.46. The van der Waals surface area contributed by atoms with Crippen LogP contribution in [0.2, 0.25) is 0 Å². The molecule has 1 saturated heterocycles. The number of amides is 1. The van der Waals surface area contributed by atoms with Crippen molar-refractivity contribution >= 4 is 5.91 Å². The smallest absolute Gasteiger partial charge is 0.250 e. The van der Waals surface area contributed by atoms with Crippen molar-refractivity contribution in [1.82, 2.24) is 10.2 Å². The number of carbonyl (C=O) groups is 1. The minimum atomic E-state index is -0.320. The molecule has 1 N–H and O–H groups in total. The van der Waals surface area contributed by atoms with Gasteiger partial charge in [0.15, 0.2) is 0 Å². The maximum atomic E-state index is 12.4. The van der Waals surface area contributed by atoms with Gasteiger partial charge in [0.1, 0.15) is 6.10 Å². The van der Waals surface area contributed by atoms with Gasteiger partial charge in [0.2, 0.25) is 0 Å². The van der Waals surface area contributed by atoms with Crippen LogP contribution in [0.3, 0.4) is 0 Å². The van der Waals surface area contributed by atoms with Crippen LogP contribution in [0.25, 0.3) is 0 Å². The lowest BCUT2D eigenvalue weighted by Gasteiger charge is -2.33. The van der Waals surface area contributed by atoms with E-state index in [9.17, 15) is 4.79 Å². The van der Waals surface area contributed by atoms with Crippen molar-refractivity contribution in [2.24, 2.45) is 0 Å². The number of rotatable bonds is 4. The van der Waals surface area contributed by atoms with Gasteiger partial charge in [-0.2, -0.15) is 0 Å². The molecule has 1 aromatic rings. The Bertz CT molecular complexity index is 471. The highest BCUT2D eigenvalue weighted by Crippen LogP contribution is 2.18. The highest BCUT2D eigenvalue weighted by Gasteiger charge is 2.28. The Labute approximate surface area is 132 Å². The summed E-state index contributed by atoms with van der Waals surface area (Å²) in [4.78, 5) is 14.7. The molecule has 1 aromatic carbocycles. The Hall–Kier alpha value is -1.39. The van der Waals surface area contributed by atoms with Crippen LogP contribution in [0.5, 0.6) is 0 Å². The third-order valence-corrected chi connectivity index (χ3v) is 4.64. The maximum absolute atomic E-state index is 12.4. The predicted octanol–water partition coefficient (Wildman–Crippen LogP) is 2.34. The van der Waals surface area contributed by atoms with Gasteiger partial charge in [0.05, 0.1) is 6.61 Å². The topological polar surface area (TPSA) is 41.6 Å². The monoisotopic (exact) mass is 302 g/mol. The van der Waals surface area contributed by atoms with Crippen molar-refractivity contribution in [3.05, 3.63) is 35.9 Å². The van der Waals surface area contributed by atoms with Crippen LogP contribution < -0.4 is 5.32 Å². The molecule has 120 valence electrons. The molecular weight excluding hydrogens is 276 g/mol. The zero-order chi connectivity index (χ0) is 15.2. The zero-order valence-corrected chi connectivity index (χ0v) is 13.2. The molecular formula is C18H26N2O2. The quantitative estimate of drug-likeness (QED) is 0.928. The second-order valence-electron chi connectivity index (χ2n) is 6.42. The largest absolute Gasteiger partial charge is 0.366 e. The van der Waals surface area contributed by atoms with E-state index in [1.165, 1.54) is 24.8 Å². The van der Waals surface area contributed by atoms with Gasteiger partial charge in [0, 0.05) is 25.7 Å². The molecule has 1 amide bonds. The van der Waals surface area contributed by atoms with E-state index in [2.05, 4.69) is 34.5 Å². The second-order valence-corrected chi connectivity index (χ2v) is 6.42. The van der Waals surface area contributed by atoms with Crippen LogP contribution in [0, 0.1) is 0 Å². The van der Waals surface area contributed by atoms with Crippen molar-refractivity contribution in [3.63, 3.8) is 0 Å². The van der Waals surface area contributed by atoms with Gasteiger partial charge < -0.3 is 10.1 Å². The van der Waals surface area contributed by atoms with Crippen LogP contribution in [0.15, 0.2) is 30.3 Å². The lowest BCUT2D eigenvalue weighted by Crippen LogP contribution is -2.51. The lowest BCUT2D eigenvalue weighted by molar-refractivity contribution is -0.139. The Morgan fingerprint density at radius 3 is 2.73 bits per heavy atom. The fraction of sp³-hybridized carbons (Fsp3) is 0.611. The molecule has 22 heavy (non-hydrogen) atoms. The molecule has 1 aliphatic carbocycles. The van der Waals surface area contributed by atoms with Crippen LogP contribution >= 0.6 is 0 Å². The first-order valence-corrected chi connectivity index (χ1v) is 8.49. The molecule has 4 heteroatoms. The van der Waals surface area contributed by atoms with Gasteiger partial charge >= 0.3 is 0 Å². The van der Waals surface area contributed by atoms with Gasteiger partial charge in [-0.05, 0) is 18.4 Å². The van der Waals surface area contributed by atoms with E-state index >= 15 is 0 Å². The number of nitrogens with one attached hydrogen (secondary N) is 1. The van der Waals surface area contributed by atoms with Crippen LogP contribution in [0.4, 0.5) is 0 Å². The highest BCUT2D eigenvalue weighted by molar-refractivity contribution is 5.81. The van der Waals surface area contributed by atoms with E-state index in [1.54, 1.807) is 0 Å². The fourth-order valence-corrected chi connectivity index (χ4v) is 3.39. The number of morpholine rings is 1. The molecule has 1 heterocycles. The summed E-state index contributed by atoms with van der Waals surface area (Å²) in [5, 5.41) is 3.18. The first-order chi connectivity index (χ1) is 10.8. The normalized spacial score (nSPS) is 24.1. The Balaban J connectivity index is 1.50. The van der Waals surface area contributed by atoms with Gasteiger partial charge in [-0.25, -0.2) is 0 Å². The van der Waals surface area contributed by atoms with Gasteiger partial charge in [-0.15, -0.1) is 0 Å². The van der Waals surface area contributed by atoms with Gasteiger partial charge in [0.25, 0.3) is 5.91 Å². The summed E-state index contributed by atoms with van der Waals surface area (Å²) in [5.74, 6) is 0.0738. The lowest BCUT2D eigenvalue weighted by atomic mass is 9.95. The second kappa shape index (κ2) is 7.75. The first-order valence-electron chi connectivity index (χ1n) is 8.49. The summed E-state index contributed by atoms with van der Waals surface area (Å²) in [6, 6.07) is 10.8. The molecule has 1 unspecified atom stereocenters. The molecule has 0 spiro atoms. The number of ether oxygens (including phenoxy) is 1. The molecule has 2 fully saturated rings. The van der Waals surface area contributed by atoms with E-state index < -0.39 is 0 Å². The molecule has 1 saturated carbocycles. The van der Waals surface area contributed by atoms with E-state index in [4.69, 9.17) is 4.74 Å². The molecule has 0 radical (unpaired) electrons. The zero-order valence-electron chi connectivity index (χ0n) is 13.2.